The lowest BCUT2D eigenvalue weighted by atomic mass is 10.1. The highest BCUT2D eigenvalue weighted by Gasteiger charge is 2.28. The van der Waals surface area contributed by atoms with E-state index in [0.29, 0.717) is 17.2 Å². The maximum absolute atomic E-state index is 13.1. The summed E-state index contributed by atoms with van der Waals surface area (Å²) in [6.45, 7) is 2.88. The summed E-state index contributed by atoms with van der Waals surface area (Å²) in [6, 6.07) is 9.76. The minimum absolute atomic E-state index is 0.0774. The Kier molecular flexibility index (Phi) is 6.04. The molecule has 2 amide bonds. The van der Waals surface area contributed by atoms with Crippen LogP contribution in [0, 0.1) is 6.92 Å². The predicted molar refractivity (Wildman–Crippen MR) is 106 cm³/mol. The molecule has 1 atom stereocenters. The largest absolute Gasteiger partial charge is 0.497 e. The Hall–Kier alpha value is -2.21. The number of thiophene rings is 1. The Morgan fingerprint density at radius 3 is 2.69 bits per heavy atom. The zero-order chi connectivity index (χ0) is 18.5. The van der Waals surface area contributed by atoms with Crippen molar-refractivity contribution in [3.63, 3.8) is 0 Å². The highest BCUT2D eigenvalue weighted by Crippen LogP contribution is 2.35. The molecule has 2 heterocycles. The third-order valence-electron chi connectivity index (χ3n) is 4.75. The minimum Gasteiger partial charge on any atom is -0.497 e. The number of benzene rings is 1. The first-order chi connectivity index (χ1) is 12.6. The molecule has 3 rings (SSSR count). The lowest BCUT2D eigenvalue weighted by molar-refractivity contribution is 0.190. The molecule has 6 heteroatoms. The number of rotatable bonds is 4. The summed E-state index contributed by atoms with van der Waals surface area (Å²) in [5.41, 5.74) is 0.656. The van der Waals surface area contributed by atoms with Crippen molar-refractivity contribution >= 4 is 23.1 Å². The number of hydrogen-bond acceptors (Lipinski definition) is 4. The molecule has 0 saturated carbocycles. The molecule has 1 N–H and O–H groups in total. The van der Waals surface area contributed by atoms with Crippen molar-refractivity contribution in [1.82, 2.24) is 4.90 Å². The number of likely N-dealkylation sites (tertiary alicyclic amines) is 1. The number of methoxy groups -OCH3 is 2. The molecule has 1 aliphatic rings. The standard InChI is InChI=1S/C20H26N2O3S/c1-14-8-11-19(26-14)17-7-5-4-6-12-22(17)20(23)21-16-10-9-15(24-2)13-18(16)25-3/h8-11,13,17H,4-7,12H2,1-3H3,(H,21,23)/t17-/m1/s1. The number of carbonyl (C=O) groups is 1. The van der Waals surface area contributed by atoms with Gasteiger partial charge in [-0.15, -0.1) is 11.3 Å². The van der Waals surface area contributed by atoms with Crippen molar-refractivity contribution in [2.45, 2.75) is 38.6 Å². The topological polar surface area (TPSA) is 50.8 Å². The van der Waals surface area contributed by atoms with Crippen molar-refractivity contribution in [3.8, 4) is 11.5 Å². The first-order valence-corrected chi connectivity index (χ1v) is 9.80. The number of urea groups is 1. The third kappa shape index (κ3) is 4.12. The number of nitrogens with one attached hydrogen (secondary N) is 1. The van der Waals surface area contributed by atoms with Gasteiger partial charge in [0.05, 0.1) is 25.9 Å². The summed E-state index contributed by atoms with van der Waals surface area (Å²) in [6.07, 6.45) is 4.36. The number of aryl methyl sites for hydroxylation is 1. The van der Waals surface area contributed by atoms with Crippen molar-refractivity contribution in [2.75, 3.05) is 26.1 Å². The Balaban J connectivity index is 1.82. The van der Waals surface area contributed by atoms with Crippen LogP contribution in [0.2, 0.25) is 0 Å². The van der Waals surface area contributed by atoms with Gasteiger partial charge in [0.2, 0.25) is 0 Å². The fourth-order valence-electron chi connectivity index (χ4n) is 3.37. The fourth-order valence-corrected chi connectivity index (χ4v) is 4.39. The van der Waals surface area contributed by atoms with E-state index in [1.807, 2.05) is 17.0 Å². The lowest BCUT2D eigenvalue weighted by Gasteiger charge is -2.29. The van der Waals surface area contributed by atoms with Crippen LogP contribution in [0.5, 0.6) is 11.5 Å². The van der Waals surface area contributed by atoms with Gasteiger partial charge in [0.25, 0.3) is 0 Å². The maximum atomic E-state index is 13.1. The van der Waals surface area contributed by atoms with E-state index in [9.17, 15) is 4.79 Å². The highest BCUT2D eigenvalue weighted by atomic mass is 32.1. The highest BCUT2D eigenvalue weighted by molar-refractivity contribution is 7.12. The molecule has 0 aliphatic carbocycles. The van der Waals surface area contributed by atoms with E-state index in [2.05, 4.69) is 24.4 Å². The lowest BCUT2D eigenvalue weighted by Crippen LogP contribution is -2.37. The second kappa shape index (κ2) is 8.45. The van der Waals surface area contributed by atoms with E-state index in [0.717, 1.165) is 32.2 Å². The predicted octanol–water partition coefficient (Wildman–Crippen LogP) is 5.22. The number of hydrogen-bond donors (Lipinski definition) is 1. The maximum Gasteiger partial charge on any atom is 0.322 e. The molecule has 2 aromatic rings. The zero-order valence-electron chi connectivity index (χ0n) is 15.6. The molecule has 1 fully saturated rings. The first kappa shape index (κ1) is 18.6. The van der Waals surface area contributed by atoms with Gasteiger partial charge in [0, 0.05) is 22.4 Å². The van der Waals surface area contributed by atoms with Crippen LogP contribution in [0.3, 0.4) is 0 Å². The Labute approximate surface area is 158 Å². The quantitative estimate of drug-likeness (QED) is 0.798. The van der Waals surface area contributed by atoms with Gasteiger partial charge in [0.1, 0.15) is 11.5 Å². The number of ether oxygens (including phenoxy) is 2. The Morgan fingerprint density at radius 2 is 2.00 bits per heavy atom. The average molecular weight is 375 g/mol. The molecule has 1 aromatic heterocycles. The number of amides is 2. The molecule has 0 bridgehead atoms. The van der Waals surface area contributed by atoms with Gasteiger partial charge in [-0.3, -0.25) is 0 Å². The van der Waals surface area contributed by atoms with Crippen molar-refractivity contribution in [3.05, 3.63) is 40.1 Å². The molecular formula is C20H26N2O3S. The SMILES string of the molecule is COc1ccc(NC(=O)N2CCCCC[C@@H]2c2ccc(C)s2)c(OC)c1. The molecular weight excluding hydrogens is 348 g/mol. The van der Waals surface area contributed by atoms with Gasteiger partial charge in [-0.1, -0.05) is 12.8 Å². The van der Waals surface area contributed by atoms with E-state index in [4.69, 9.17) is 9.47 Å². The minimum atomic E-state index is -0.0774. The number of anilines is 1. The molecule has 26 heavy (non-hydrogen) atoms. The number of carbonyl (C=O) groups excluding carboxylic acids is 1. The normalized spacial score (nSPS) is 17.5. The van der Waals surface area contributed by atoms with E-state index in [-0.39, 0.29) is 12.1 Å². The second-order valence-corrected chi connectivity index (χ2v) is 7.82. The number of nitrogens with zero attached hydrogens (tertiary/aromatic N) is 1. The zero-order valence-corrected chi connectivity index (χ0v) is 16.4. The van der Waals surface area contributed by atoms with Gasteiger partial charge < -0.3 is 19.7 Å². The van der Waals surface area contributed by atoms with E-state index in [1.54, 1.807) is 31.6 Å². The van der Waals surface area contributed by atoms with Crippen molar-refractivity contribution in [1.29, 1.82) is 0 Å². The molecule has 140 valence electrons. The summed E-state index contributed by atoms with van der Waals surface area (Å²) >= 11 is 1.78. The Morgan fingerprint density at radius 1 is 1.15 bits per heavy atom. The smallest absolute Gasteiger partial charge is 0.322 e. The molecule has 5 nitrogen and oxygen atoms in total. The van der Waals surface area contributed by atoms with Gasteiger partial charge >= 0.3 is 6.03 Å². The van der Waals surface area contributed by atoms with Crippen molar-refractivity contribution in [2.24, 2.45) is 0 Å². The summed E-state index contributed by atoms with van der Waals surface area (Å²) in [5.74, 6) is 1.29. The molecule has 1 aliphatic heterocycles. The van der Waals surface area contributed by atoms with E-state index >= 15 is 0 Å². The summed E-state index contributed by atoms with van der Waals surface area (Å²) in [7, 11) is 3.20. The van der Waals surface area contributed by atoms with E-state index < -0.39 is 0 Å². The van der Waals surface area contributed by atoms with Gasteiger partial charge in [-0.2, -0.15) is 0 Å². The summed E-state index contributed by atoms with van der Waals surface area (Å²) < 4.78 is 10.6. The van der Waals surface area contributed by atoms with E-state index in [1.165, 1.54) is 9.75 Å². The first-order valence-electron chi connectivity index (χ1n) is 8.98. The molecule has 0 spiro atoms. The average Bonchev–Trinajstić information content (AvgIpc) is 2.93. The molecule has 1 aromatic carbocycles. The van der Waals surface area contributed by atoms with Gasteiger partial charge in [0.15, 0.2) is 0 Å². The van der Waals surface area contributed by atoms with Crippen LogP contribution in [0.25, 0.3) is 0 Å². The van der Waals surface area contributed by atoms with Crippen LogP contribution in [-0.2, 0) is 0 Å². The van der Waals surface area contributed by atoms with Gasteiger partial charge in [-0.05, 0) is 44.0 Å². The van der Waals surface area contributed by atoms with Crippen LogP contribution in [0.1, 0.15) is 41.5 Å². The van der Waals surface area contributed by atoms with Crippen LogP contribution in [0.4, 0.5) is 10.5 Å². The van der Waals surface area contributed by atoms with Crippen LogP contribution in [-0.4, -0.2) is 31.7 Å². The van der Waals surface area contributed by atoms with Gasteiger partial charge in [-0.25, -0.2) is 4.79 Å². The molecule has 0 radical (unpaired) electrons. The Bertz CT molecular complexity index is 759. The van der Waals surface area contributed by atoms with Crippen LogP contribution in [0.15, 0.2) is 30.3 Å². The summed E-state index contributed by atoms with van der Waals surface area (Å²) in [4.78, 5) is 17.6. The summed E-state index contributed by atoms with van der Waals surface area (Å²) in [5, 5.41) is 3.03. The van der Waals surface area contributed by atoms with Crippen LogP contribution >= 0.6 is 11.3 Å². The fraction of sp³-hybridized carbons (Fsp3) is 0.450. The van der Waals surface area contributed by atoms with Crippen LogP contribution < -0.4 is 14.8 Å². The molecule has 0 unspecified atom stereocenters. The van der Waals surface area contributed by atoms with Crippen molar-refractivity contribution < 1.29 is 14.3 Å². The monoisotopic (exact) mass is 374 g/mol. The third-order valence-corrected chi connectivity index (χ3v) is 5.86. The molecule has 1 saturated heterocycles. The second-order valence-electron chi connectivity index (χ2n) is 6.50.